The van der Waals surface area contributed by atoms with Gasteiger partial charge < -0.3 is 5.32 Å². The third kappa shape index (κ3) is 2.96. The first-order valence-electron chi connectivity index (χ1n) is 5.65. The number of hydrogen-bond acceptors (Lipinski definition) is 2. The number of carbonyl (C=O) groups excluding carboxylic acids is 1. The van der Waals surface area contributed by atoms with E-state index in [4.69, 9.17) is 0 Å². The van der Waals surface area contributed by atoms with Gasteiger partial charge in [-0.05, 0) is 40.5 Å². The molecule has 0 saturated carbocycles. The smallest absolute Gasteiger partial charge is 0.271 e. The van der Waals surface area contributed by atoms with Gasteiger partial charge in [0.25, 0.3) is 5.91 Å². The highest BCUT2D eigenvalue weighted by Crippen LogP contribution is 2.16. The molecule has 0 aliphatic rings. The minimum Gasteiger partial charge on any atom is -0.344 e. The van der Waals surface area contributed by atoms with Gasteiger partial charge in [0.05, 0.1) is 6.04 Å². The molecule has 18 heavy (non-hydrogen) atoms. The normalized spacial score (nSPS) is 11.9. The average Bonchev–Trinajstić information content (AvgIpc) is 2.40. The van der Waals surface area contributed by atoms with Crippen molar-refractivity contribution in [2.75, 3.05) is 0 Å². The number of halogens is 1. The van der Waals surface area contributed by atoms with Crippen molar-refractivity contribution < 1.29 is 4.79 Å². The van der Waals surface area contributed by atoms with Crippen LogP contribution >= 0.6 is 15.9 Å². The second kappa shape index (κ2) is 5.78. The molecule has 2 rings (SSSR count). The van der Waals surface area contributed by atoms with E-state index in [0.29, 0.717) is 10.2 Å². The lowest BCUT2D eigenvalue weighted by atomic mass is 10.1. The zero-order chi connectivity index (χ0) is 13.0. The number of nitrogens with one attached hydrogen (secondary N) is 1. The summed E-state index contributed by atoms with van der Waals surface area (Å²) in [5, 5.41) is 2.92. The van der Waals surface area contributed by atoms with E-state index in [0.717, 1.165) is 5.56 Å². The molecule has 4 heteroatoms. The van der Waals surface area contributed by atoms with E-state index in [-0.39, 0.29) is 11.9 Å². The zero-order valence-corrected chi connectivity index (χ0v) is 11.5. The van der Waals surface area contributed by atoms with Crippen LogP contribution in [0.3, 0.4) is 0 Å². The molecule has 0 aliphatic heterocycles. The lowest BCUT2D eigenvalue weighted by Gasteiger charge is -2.14. The Balaban J connectivity index is 2.11. The maximum atomic E-state index is 12.0. The molecule has 1 aromatic carbocycles. The third-order valence-corrected chi connectivity index (χ3v) is 3.26. The molecule has 1 aromatic heterocycles. The zero-order valence-electron chi connectivity index (χ0n) is 9.93. The van der Waals surface area contributed by atoms with Crippen LogP contribution in [0.25, 0.3) is 0 Å². The molecule has 0 unspecified atom stereocenters. The first-order valence-corrected chi connectivity index (χ1v) is 6.44. The Morgan fingerprint density at radius 2 is 1.94 bits per heavy atom. The summed E-state index contributed by atoms with van der Waals surface area (Å²) >= 11 is 3.32. The Bertz CT molecular complexity index is 543. The number of rotatable bonds is 3. The first kappa shape index (κ1) is 12.8. The van der Waals surface area contributed by atoms with Crippen LogP contribution < -0.4 is 5.32 Å². The molecule has 0 saturated heterocycles. The molecule has 1 heterocycles. The summed E-state index contributed by atoms with van der Waals surface area (Å²) in [6.45, 7) is 1.95. The number of nitrogens with zero attached hydrogens (tertiary/aromatic N) is 1. The Hall–Kier alpha value is -1.68. The maximum absolute atomic E-state index is 12.0. The van der Waals surface area contributed by atoms with E-state index in [9.17, 15) is 4.79 Å². The number of aromatic nitrogens is 1. The van der Waals surface area contributed by atoms with Crippen LogP contribution in [0.15, 0.2) is 53.1 Å². The molecule has 2 aromatic rings. The van der Waals surface area contributed by atoms with Gasteiger partial charge in [0, 0.05) is 10.7 Å². The summed E-state index contributed by atoms with van der Waals surface area (Å²) in [5.41, 5.74) is 1.47. The van der Waals surface area contributed by atoms with Gasteiger partial charge in [0.15, 0.2) is 0 Å². The molecule has 1 N–H and O–H groups in total. The summed E-state index contributed by atoms with van der Waals surface area (Å²) in [5.74, 6) is -0.182. The Kier molecular flexibility index (Phi) is 4.10. The van der Waals surface area contributed by atoms with Crippen LogP contribution in [0.4, 0.5) is 0 Å². The second-order valence-corrected chi connectivity index (χ2v) is 4.79. The summed E-state index contributed by atoms with van der Waals surface area (Å²) in [4.78, 5) is 16.1. The molecule has 1 amide bonds. The monoisotopic (exact) mass is 304 g/mol. The molecule has 3 nitrogen and oxygen atoms in total. The van der Waals surface area contributed by atoms with Crippen molar-refractivity contribution in [3.8, 4) is 0 Å². The van der Waals surface area contributed by atoms with Crippen LogP contribution in [-0.2, 0) is 0 Å². The van der Waals surface area contributed by atoms with Crippen LogP contribution in [0.2, 0.25) is 0 Å². The highest BCUT2D eigenvalue weighted by atomic mass is 79.9. The summed E-state index contributed by atoms with van der Waals surface area (Å²) in [6, 6.07) is 13.4. The predicted molar refractivity (Wildman–Crippen MR) is 74.3 cm³/mol. The molecule has 0 bridgehead atoms. The van der Waals surface area contributed by atoms with Gasteiger partial charge in [-0.25, -0.2) is 4.98 Å². The van der Waals surface area contributed by atoms with Crippen molar-refractivity contribution in [2.45, 2.75) is 13.0 Å². The fourth-order valence-electron chi connectivity index (χ4n) is 1.64. The van der Waals surface area contributed by atoms with Crippen molar-refractivity contribution in [3.05, 3.63) is 64.4 Å². The summed E-state index contributed by atoms with van der Waals surface area (Å²) in [7, 11) is 0. The first-order chi connectivity index (χ1) is 8.68. The summed E-state index contributed by atoms with van der Waals surface area (Å²) < 4.78 is 0.697. The largest absolute Gasteiger partial charge is 0.344 e. The van der Waals surface area contributed by atoms with Gasteiger partial charge in [0.2, 0.25) is 0 Å². The molecule has 0 fully saturated rings. The van der Waals surface area contributed by atoms with Crippen molar-refractivity contribution in [2.24, 2.45) is 0 Å². The fraction of sp³-hybridized carbons (Fsp3) is 0.143. The van der Waals surface area contributed by atoms with Crippen LogP contribution in [0.1, 0.15) is 29.0 Å². The lowest BCUT2D eigenvalue weighted by Crippen LogP contribution is -2.27. The van der Waals surface area contributed by atoms with Crippen LogP contribution in [0, 0.1) is 0 Å². The highest BCUT2D eigenvalue weighted by molar-refractivity contribution is 9.10. The number of pyridine rings is 1. The minimum atomic E-state index is -0.182. The standard InChI is InChI=1S/C14H13BrN2O/c1-10(11-6-3-2-4-7-11)17-14(18)13-12(15)8-5-9-16-13/h2-10H,1H3,(H,17,18)/t10-/m1/s1. The fourth-order valence-corrected chi connectivity index (χ4v) is 2.08. The topological polar surface area (TPSA) is 42.0 Å². The van der Waals surface area contributed by atoms with Gasteiger partial charge in [-0.1, -0.05) is 30.3 Å². The minimum absolute atomic E-state index is 0.0485. The molecule has 0 spiro atoms. The molecular weight excluding hydrogens is 292 g/mol. The number of hydrogen-bond donors (Lipinski definition) is 1. The van der Waals surface area contributed by atoms with Crippen molar-refractivity contribution >= 4 is 21.8 Å². The Morgan fingerprint density at radius 3 is 2.61 bits per heavy atom. The summed E-state index contributed by atoms with van der Waals surface area (Å²) in [6.07, 6.45) is 1.60. The van der Waals surface area contributed by atoms with Crippen molar-refractivity contribution in [1.82, 2.24) is 10.3 Å². The van der Waals surface area contributed by atoms with Crippen molar-refractivity contribution in [1.29, 1.82) is 0 Å². The molecule has 0 radical (unpaired) electrons. The van der Waals surface area contributed by atoms with Gasteiger partial charge in [-0.2, -0.15) is 0 Å². The Labute approximate surface area is 114 Å². The molecule has 92 valence electrons. The van der Waals surface area contributed by atoms with Crippen LogP contribution in [-0.4, -0.2) is 10.9 Å². The van der Waals surface area contributed by atoms with E-state index < -0.39 is 0 Å². The predicted octanol–water partition coefficient (Wildman–Crippen LogP) is 3.34. The van der Waals surface area contributed by atoms with Crippen LogP contribution in [0.5, 0.6) is 0 Å². The highest BCUT2D eigenvalue weighted by Gasteiger charge is 2.14. The van der Waals surface area contributed by atoms with E-state index in [1.807, 2.05) is 37.3 Å². The van der Waals surface area contributed by atoms with Gasteiger partial charge in [0.1, 0.15) is 5.69 Å². The quantitative estimate of drug-likeness (QED) is 0.945. The SMILES string of the molecule is C[C@@H](NC(=O)c1ncccc1Br)c1ccccc1. The molecule has 0 aliphatic carbocycles. The molecular formula is C14H13BrN2O. The lowest BCUT2D eigenvalue weighted by molar-refractivity contribution is 0.0934. The number of amides is 1. The van der Waals surface area contributed by atoms with E-state index >= 15 is 0 Å². The van der Waals surface area contributed by atoms with Gasteiger partial charge in [-0.3, -0.25) is 4.79 Å². The molecule has 1 atom stereocenters. The van der Waals surface area contributed by atoms with Gasteiger partial charge in [-0.15, -0.1) is 0 Å². The van der Waals surface area contributed by atoms with E-state index in [1.54, 1.807) is 18.3 Å². The second-order valence-electron chi connectivity index (χ2n) is 3.94. The van der Waals surface area contributed by atoms with Gasteiger partial charge >= 0.3 is 0 Å². The van der Waals surface area contributed by atoms with Crippen molar-refractivity contribution in [3.63, 3.8) is 0 Å². The average molecular weight is 305 g/mol. The third-order valence-electron chi connectivity index (χ3n) is 2.62. The van der Waals surface area contributed by atoms with E-state index in [1.165, 1.54) is 0 Å². The van der Waals surface area contributed by atoms with E-state index in [2.05, 4.69) is 26.2 Å². The number of carbonyl (C=O) groups is 1. The Morgan fingerprint density at radius 1 is 1.22 bits per heavy atom. The number of benzene rings is 1. The maximum Gasteiger partial charge on any atom is 0.271 e.